The first-order valence-electron chi connectivity index (χ1n) is 7.92. The van der Waals surface area contributed by atoms with Crippen LogP contribution in [0.3, 0.4) is 0 Å². The first-order valence-corrected chi connectivity index (χ1v) is 7.92. The number of primary amides is 1. The van der Waals surface area contributed by atoms with Gasteiger partial charge >= 0.3 is 5.97 Å². The monoisotopic (exact) mass is 339 g/mol. The molecule has 0 spiro atoms. The molecule has 4 N–H and O–H groups in total. The molecule has 0 bridgehead atoms. The van der Waals surface area contributed by atoms with Crippen LogP contribution < -0.4 is 10.3 Å². The Morgan fingerprint density at radius 3 is 2.79 bits per heavy atom. The molecule has 1 aromatic rings. The number of nitrogens with two attached hydrogens (primary N) is 1. The van der Waals surface area contributed by atoms with Crippen LogP contribution in [0.1, 0.15) is 42.8 Å². The minimum Gasteiger partial charge on any atom is -0.463 e. The van der Waals surface area contributed by atoms with Crippen molar-refractivity contribution in [2.75, 3.05) is 6.61 Å². The summed E-state index contributed by atoms with van der Waals surface area (Å²) in [6, 6.07) is 3.12. The van der Waals surface area contributed by atoms with Crippen molar-refractivity contribution >= 4 is 11.9 Å². The van der Waals surface area contributed by atoms with E-state index in [0.29, 0.717) is 6.42 Å². The largest absolute Gasteiger partial charge is 0.463 e. The third-order valence-electron chi connectivity index (χ3n) is 3.88. The number of aliphatic hydroxyl groups is 2. The molecule has 8 nitrogen and oxygen atoms in total. The zero-order valence-corrected chi connectivity index (χ0v) is 13.5. The first-order chi connectivity index (χ1) is 11.4. The summed E-state index contributed by atoms with van der Waals surface area (Å²) in [6.45, 7) is 1.82. The molecule has 1 aromatic heterocycles. The first kappa shape index (κ1) is 18.3. The van der Waals surface area contributed by atoms with Gasteiger partial charge in [-0.15, -0.1) is 0 Å². The SMILES string of the molecule is CCCCC(=O)OCC1O[C@@H]([n+]2cccc(C(N)=O)c2)[C@H](O)[C@@H]1O. The van der Waals surface area contributed by atoms with Gasteiger partial charge in [0.25, 0.3) is 12.1 Å². The minimum atomic E-state index is -1.22. The maximum atomic E-state index is 11.5. The molecule has 1 aliphatic heterocycles. The quantitative estimate of drug-likeness (QED) is 0.451. The van der Waals surface area contributed by atoms with Gasteiger partial charge in [-0.25, -0.2) is 0 Å². The van der Waals surface area contributed by atoms with E-state index in [1.807, 2.05) is 6.92 Å². The summed E-state index contributed by atoms with van der Waals surface area (Å²) in [5.74, 6) is -0.979. The van der Waals surface area contributed by atoms with Crippen LogP contribution in [0, 0.1) is 0 Å². The number of esters is 1. The van der Waals surface area contributed by atoms with E-state index in [9.17, 15) is 19.8 Å². The van der Waals surface area contributed by atoms with Gasteiger partial charge in [0.2, 0.25) is 0 Å². The lowest BCUT2D eigenvalue weighted by molar-refractivity contribution is -0.765. The second kappa shape index (κ2) is 8.18. The van der Waals surface area contributed by atoms with Gasteiger partial charge in [-0.05, 0) is 12.5 Å². The maximum absolute atomic E-state index is 11.5. The van der Waals surface area contributed by atoms with Gasteiger partial charge in [-0.3, -0.25) is 9.59 Å². The number of unbranched alkanes of at least 4 members (excludes halogenated alkanes) is 1. The lowest BCUT2D eigenvalue weighted by Gasteiger charge is -2.13. The van der Waals surface area contributed by atoms with Crippen molar-refractivity contribution < 1.29 is 33.8 Å². The van der Waals surface area contributed by atoms with Gasteiger partial charge in [0.1, 0.15) is 24.4 Å². The summed E-state index contributed by atoms with van der Waals surface area (Å²) in [5.41, 5.74) is 5.48. The van der Waals surface area contributed by atoms with E-state index in [0.717, 1.165) is 12.8 Å². The summed E-state index contributed by atoms with van der Waals surface area (Å²) in [6.07, 6.45) is 0.747. The highest BCUT2D eigenvalue weighted by molar-refractivity contribution is 5.92. The number of ether oxygens (including phenoxy) is 2. The van der Waals surface area contributed by atoms with E-state index < -0.39 is 30.4 Å². The highest BCUT2D eigenvalue weighted by Crippen LogP contribution is 2.25. The molecule has 0 aromatic carbocycles. The molecule has 24 heavy (non-hydrogen) atoms. The summed E-state index contributed by atoms with van der Waals surface area (Å²) in [5, 5.41) is 20.3. The van der Waals surface area contributed by atoms with Crippen LogP contribution in [0.2, 0.25) is 0 Å². The molecule has 1 saturated heterocycles. The Kier molecular flexibility index (Phi) is 6.24. The van der Waals surface area contributed by atoms with Crippen molar-refractivity contribution in [3.63, 3.8) is 0 Å². The Hall–Kier alpha value is -2.03. The molecule has 2 heterocycles. The molecule has 0 aliphatic carbocycles. The predicted molar refractivity (Wildman–Crippen MR) is 81.6 cm³/mol. The fraction of sp³-hybridized carbons (Fsp3) is 0.562. The van der Waals surface area contributed by atoms with Crippen LogP contribution >= 0.6 is 0 Å². The van der Waals surface area contributed by atoms with Crippen LogP contribution in [0.15, 0.2) is 24.5 Å². The molecular weight excluding hydrogens is 316 g/mol. The second-order valence-corrected chi connectivity index (χ2v) is 5.74. The number of pyridine rings is 1. The van der Waals surface area contributed by atoms with Crippen molar-refractivity contribution in [3.8, 4) is 0 Å². The number of nitrogens with zero attached hydrogens (tertiary/aromatic N) is 1. The third-order valence-corrected chi connectivity index (χ3v) is 3.88. The number of aliphatic hydroxyl groups excluding tert-OH is 2. The Labute approximate surface area is 139 Å². The van der Waals surface area contributed by atoms with E-state index in [1.54, 1.807) is 12.3 Å². The molecule has 1 amide bonds. The topological polar surface area (TPSA) is 123 Å². The lowest BCUT2D eigenvalue weighted by Crippen LogP contribution is -2.46. The zero-order chi connectivity index (χ0) is 17.7. The number of carbonyl (C=O) groups excluding carboxylic acids is 2. The summed E-state index contributed by atoms with van der Waals surface area (Å²) >= 11 is 0. The van der Waals surface area contributed by atoms with Crippen molar-refractivity contribution in [1.82, 2.24) is 0 Å². The number of rotatable bonds is 7. The molecule has 1 unspecified atom stereocenters. The van der Waals surface area contributed by atoms with Crippen molar-refractivity contribution in [2.24, 2.45) is 5.73 Å². The average Bonchev–Trinajstić information content (AvgIpc) is 2.86. The normalized spacial score (nSPS) is 26.3. The van der Waals surface area contributed by atoms with Crippen molar-refractivity contribution in [1.29, 1.82) is 0 Å². The smallest absolute Gasteiger partial charge is 0.305 e. The maximum Gasteiger partial charge on any atom is 0.305 e. The molecule has 0 saturated carbocycles. The van der Waals surface area contributed by atoms with Gasteiger partial charge in [-0.2, -0.15) is 4.57 Å². The lowest BCUT2D eigenvalue weighted by atomic mass is 10.1. The van der Waals surface area contributed by atoms with Crippen LogP contribution in [0.4, 0.5) is 0 Å². The fourth-order valence-electron chi connectivity index (χ4n) is 2.48. The van der Waals surface area contributed by atoms with E-state index in [1.165, 1.54) is 16.8 Å². The second-order valence-electron chi connectivity index (χ2n) is 5.74. The molecule has 1 fully saturated rings. The molecule has 4 atom stereocenters. The Balaban J connectivity index is 2.00. The number of amides is 1. The van der Waals surface area contributed by atoms with Gasteiger partial charge < -0.3 is 25.4 Å². The van der Waals surface area contributed by atoms with Crippen LogP contribution in [0.5, 0.6) is 0 Å². The minimum absolute atomic E-state index is 0.145. The van der Waals surface area contributed by atoms with E-state index in [2.05, 4.69) is 0 Å². The zero-order valence-electron chi connectivity index (χ0n) is 13.5. The molecule has 2 rings (SSSR count). The Bertz CT molecular complexity index is 594. The Morgan fingerprint density at radius 1 is 1.38 bits per heavy atom. The van der Waals surface area contributed by atoms with E-state index in [-0.39, 0.29) is 18.1 Å². The average molecular weight is 339 g/mol. The van der Waals surface area contributed by atoms with Crippen LogP contribution in [-0.2, 0) is 14.3 Å². The molecule has 132 valence electrons. The molecular formula is C16H23N2O6+. The summed E-state index contributed by atoms with van der Waals surface area (Å²) in [4.78, 5) is 22.8. The van der Waals surface area contributed by atoms with Gasteiger partial charge in [0.05, 0.1) is 0 Å². The van der Waals surface area contributed by atoms with Gasteiger partial charge in [-0.1, -0.05) is 13.3 Å². The van der Waals surface area contributed by atoms with Gasteiger partial charge in [0.15, 0.2) is 18.5 Å². The number of aromatic nitrogens is 1. The molecule has 1 aliphatic rings. The fourth-order valence-corrected chi connectivity index (χ4v) is 2.48. The summed E-state index contributed by atoms with van der Waals surface area (Å²) in [7, 11) is 0. The third kappa shape index (κ3) is 4.28. The highest BCUT2D eigenvalue weighted by atomic mass is 16.6. The summed E-state index contributed by atoms with van der Waals surface area (Å²) < 4.78 is 12.1. The van der Waals surface area contributed by atoms with Crippen molar-refractivity contribution in [2.45, 2.75) is 50.7 Å². The van der Waals surface area contributed by atoms with Crippen molar-refractivity contribution in [3.05, 3.63) is 30.1 Å². The molecule has 8 heteroatoms. The highest BCUT2D eigenvalue weighted by Gasteiger charge is 2.48. The van der Waals surface area contributed by atoms with E-state index in [4.69, 9.17) is 15.2 Å². The van der Waals surface area contributed by atoms with Crippen LogP contribution in [0.25, 0.3) is 0 Å². The predicted octanol–water partition coefficient (Wildman–Crippen LogP) is -0.574. The number of carbonyl (C=O) groups is 2. The van der Waals surface area contributed by atoms with Gasteiger partial charge in [0, 0.05) is 12.5 Å². The molecule has 0 radical (unpaired) electrons. The van der Waals surface area contributed by atoms with E-state index >= 15 is 0 Å². The number of hydrogen-bond acceptors (Lipinski definition) is 6. The number of hydrogen-bond donors (Lipinski definition) is 3. The van der Waals surface area contributed by atoms with Crippen LogP contribution in [-0.4, -0.2) is 47.0 Å². The standard InChI is InChI=1S/C16H22N2O6/c1-2-3-6-12(19)23-9-11-13(20)14(21)16(24-11)18-7-4-5-10(8-18)15(17)22/h4-5,7-8,11,13-14,16,20-21H,2-3,6,9H2,1H3,(H-,17,22)/p+1/t11?,13-,14-,16-/m1/s1. The Morgan fingerprint density at radius 2 is 2.12 bits per heavy atom.